The second-order valence-electron chi connectivity index (χ2n) is 6.20. The number of fused-ring (bicyclic) bond motifs is 1. The average molecular weight is 276 g/mol. The van der Waals surface area contributed by atoms with E-state index in [9.17, 15) is 0 Å². The van der Waals surface area contributed by atoms with E-state index in [1.165, 1.54) is 11.1 Å². The molecule has 1 aliphatic heterocycles. The molecule has 2 rings (SSSR count). The first-order chi connectivity index (χ1) is 9.69. The van der Waals surface area contributed by atoms with Crippen LogP contribution in [0.3, 0.4) is 0 Å². The van der Waals surface area contributed by atoms with Gasteiger partial charge in [0.25, 0.3) is 0 Å². The van der Waals surface area contributed by atoms with E-state index >= 15 is 0 Å². The summed E-state index contributed by atoms with van der Waals surface area (Å²) in [6.45, 7) is 9.65. The second-order valence-corrected chi connectivity index (χ2v) is 6.20. The van der Waals surface area contributed by atoms with Crippen LogP contribution in [-0.4, -0.2) is 44.3 Å². The maximum Gasteiger partial charge on any atom is 0.0589 e. The lowest BCUT2D eigenvalue weighted by molar-refractivity contribution is 0.131. The van der Waals surface area contributed by atoms with Gasteiger partial charge < -0.3 is 10.1 Å². The fourth-order valence-corrected chi connectivity index (χ4v) is 2.96. The Morgan fingerprint density at radius 1 is 1.30 bits per heavy atom. The van der Waals surface area contributed by atoms with Crippen molar-refractivity contribution < 1.29 is 4.74 Å². The molecule has 0 saturated heterocycles. The third-order valence-electron chi connectivity index (χ3n) is 3.88. The van der Waals surface area contributed by atoms with E-state index in [-0.39, 0.29) is 0 Å². The first-order valence-corrected chi connectivity index (χ1v) is 7.70. The van der Waals surface area contributed by atoms with Crippen molar-refractivity contribution in [3.8, 4) is 0 Å². The van der Waals surface area contributed by atoms with E-state index in [4.69, 9.17) is 4.74 Å². The Morgan fingerprint density at radius 3 is 2.75 bits per heavy atom. The van der Waals surface area contributed by atoms with Crippen LogP contribution in [0.2, 0.25) is 0 Å². The molecule has 0 bridgehead atoms. The standard InChI is InChI=1S/C17H28N2O/c1-14(2)12-19(8-9-20-3)13-17-10-15-6-4-5-7-16(15)11-18-17/h4-7,14,17-18H,8-13H2,1-3H3. The van der Waals surface area contributed by atoms with Gasteiger partial charge in [-0.3, -0.25) is 4.90 Å². The molecule has 1 aromatic rings. The van der Waals surface area contributed by atoms with Gasteiger partial charge in [0.2, 0.25) is 0 Å². The lowest BCUT2D eigenvalue weighted by atomic mass is 9.95. The summed E-state index contributed by atoms with van der Waals surface area (Å²) in [6, 6.07) is 9.34. The maximum absolute atomic E-state index is 5.24. The molecule has 1 aromatic carbocycles. The molecule has 1 aliphatic rings. The number of nitrogens with one attached hydrogen (secondary N) is 1. The summed E-state index contributed by atoms with van der Waals surface area (Å²) >= 11 is 0. The molecule has 1 N–H and O–H groups in total. The first kappa shape index (κ1) is 15.5. The quantitative estimate of drug-likeness (QED) is 0.827. The van der Waals surface area contributed by atoms with Gasteiger partial charge in [-0.25, -0.2) is 0 Å². The zero-order chi connectivity index (χ0) is 14.4. The van der Waals surface area contributed by atoms with Crippen LogP contribution in [0.5, 0.6) is 0 Å². The van der Waals surface area contributed by atoms with Crippen molar-refractivity contribution in [2.75, 3.05) is 33.4 Å². The molecule has 3 nitrogen and oxygen atoms in total. The minimum absolute atomic E-state index is 0.556. The van der Waals surface area contributed by atoms with Crippen LogP contribution in [0.25, 0.3) is 0 Å². The van der Waals surface area contributed by atoms with Gasteiger partial charge in [-0.05, 0) is 23.5 Å². The highest BCUT2D eigenvalue weighted by atomic mass is 16.5. The van der Waals surface area contributed by atoms with Crippen LogP contribution in [0.15, 0.2) is 24.3 Å². The van der Waals surface area contributed by atoms with Crippen molar-refractivity contribution in [2.24, 2.45) is 5.92 Å². The van der Waals surface area contributed by atoms with E-state index in [0.29, 0.717) is 12.0 Å². The van der Waals surface area contributed by atoms with Crippen molar-refractivity contribution in [3.63, 3.8) is 0 Å². The molecule has 112 valence electrons. The number of hydrogen-bond acceptors (Lipinski definition) is 3. The van der Waals surface area contributed by atoms with E-state index in [1.54, 1.807) is 7.11 Å². The minimum Gasteiger partial charge on any atom is -0.383 e. The number of rotatable bonds is 7. The third-order valence-corrected chi connectivity index (χ3v) is 3.88. The molecule has 3 heteroatoms. The van der Waals surface area contributed by atoms with Gasteiger partial charge in [0.15, 0.2) is 0 Å². The summed E-state index contributed by atoms with van der Waals surface area (Å²) in [5.74, 6) is 0.697. The predicted octanol–water partition coefficient (Wildman–Crippen LogP) is 2.31. The first-order valence-electron chi connectivity index (χ1n) is 7.70. The van der Waals surface area contributed by atoms with Crippen LogP contribution in [-0.2, 0) is 17.7 Å². The summed E-state index contributed by atoms with van der Waals surface area (Å²) < 4.78 is 5.24. The van der Waals surface area contributed by atoms with Crippen molar-refractivity contribution in [3.05, 3.63) is 35.4 Å². The molecule has 1 heterocycles. The van der Waals surface area contributed by atoms with Gasteiger partial charge in [-0.1, -0.05) is 38.1 Å². The molecule has 1 atom stereocenters. The minimum atomic E-state index is 0.556. The highest BCUT2D eigenvalue weighted by molar-refractivity contribution is 5.29. The molecule has 20 heavy (non-hydrogen) atoms. The maximum atomic E-state index is 5.24. The molecule has 1 unspecified atom stereocenters. The molecule has 0 aliphatic carbocycles. The summed E-state index contributed by atoms with van der Waals surface area (Å²) in [4.78, 5) is 2.53. The van der Waals surface area contributed by atoms with E-state index in [1.807, 2.05) is 0 Å². The van der Waals surface area contributed by atoms with Crippen LogP contribution >= 0.6 is 0 Å². The van der Waals surface area contributed by atoms with Gasteiger partial charge in [0.1, 0.15) is 0 Å². The third kappa shape index (κ3) is 4.58. The van der Waals surface area contributed by atoms with Gasteiger partial charge in [-0.15, -0.1) is 0 Å². The zero-order valence-electron chi connectivity index (χ0n) is 13.1. The molecule has 0 radical (unpaired) electrons. The highest BCUT2D eigenvalue weighted by Gasteiger charge is 2.20. The Kier molecular flexibility index (Phi) is 6.02. The summed E-state index contributed by atoms with van der Waals surface area (Å²) in [5.41, 5.74) is 2.96. The van der Waals surface area contributed by atoms with Gasteiger partial charge in [-0.2, -0.15) is 0 Å². The van der Waals surface area contributed by atoms with Crippen molar-refractivity contribution in [1.29, 1.82) is 0 Å². The van der Waals surface area contributed by atoms with Crippen molar-refractivity contribution >= 4 is 0 Å². The molecule has 0 aromatic heterocycles. The molecular weight excluding hydrogens is 248 g/mol. The van der Waals surface area contributed by atoms with Crippen LogP contribution in [0.1, 0.15) is 25.0 Å². The lowest BCUT2D eigenvalue weighted by Gasteiger charge is -2.32. The summed E-state index contributed by atoms with van der Waals surface area (Å²) in [7, 11) is 1.78. The Balaban J connectivity index is 1.91. The van der Waals surface area contributed by atoms with Gasteiger partial charge in [0, 0.05) is 39.3 Å². The summed E-state index contributed by atoms with van der Waals surface area (Å²) in [6.07, 6.45) is 1.14. The van der Waals surface area contributed by atoms with E-state index in [0.717, 1.165) is 39.2 Å². The summed E-state index contributed by atoms with van der Waals surface area (Å²) in [5, 5.41) is 3.67. The number of hydrogen-bond donors (Lipinski definition) is 1. The fraction of sp³-hybridized carbons (Fsp3) is 0.647. The fourth-order valence-electron chi connectivity index (χ4n) is 2.96. The molecule has 0 spiro atoms. The molecule has 0 fully saturated rings. The average Bonchev–Trinajstić information content (AvgIpc) is 2.44. The Labute approximate surface area is 123 Å². The number of benzene rings is 1. The van der Waals surface area contributed by atoms with Crippen molar-refractivity contribution in [2.45, 2.75) is 32.9 Å². The van der Waals surface area contributed by atoms with Crippen molar-refractivity contribution in [1.82, 2.24) is 10.2 Å². The van der Waals surface area contributed by atoms with Gasteiger partial charge in [0.05, 0.1) is 6.61 Å². The smallest absolute Gasteiger partial charge is 0.0589 e. The van der Waals surface area contributed by atoms with E-state index < -0.39 is 0 Å². The largest absolute Gasteiger partial charge is 0.383 e. The van der Waals surface area contributed by atoms with Gasteiger partial charge >= 0.3 is 0 Å². The Hall–Kier alpha value is -0.900. The monoisotopic (exact) mass is 276 g/mol. The zero-order valence-corrected chi connectivity index (χ0v) is 13.1. The lowest BCUT2D eigenvalue weighted by Crippen LogP contribution is -2.46. The number of nitrogens with zero attached hydrogens (tertiary/aromatic N) is 1. The topological polar surface area (TPSA) is 24.5 Å². The molecule has 0 saturated carbocycles. The predicted molar refractivity (Wildman–Crippen MR) is 83.9 cm³/mol. The van der Waals surface area contributed by atoms with Crippen LogP contribution in [0.4, 0.5) is 0 Å². The Morgan fingerprint density at radius 2 is 2.05 bits per heavy atom. The van der Waals surface area contributed by atoms with Crippen LogP contribution in [0, 0.1) is 5.92 Å². The van der Waals surface area contributed by atoms with E-state index in [2.05, 4.69) is 48.3 Å². The normalized spacial score (nSPS) is 18.6. The number of methoxy groups -OCH3 is 1. The SMILES string of the molecule is COCCN(CC(C)C)CC1Cc2ccccc2CN1. The van der Waals surface area contributed by atoms with Crippen LogP contribution < -0.4 is 5.32 Å². The molecule has 0 amide bonds. The second kappa shape index (κ2) is 7.77. The number of ether oxygens (including phenoxy) is 1. The Bertz CT molecular complexity index is 406. The molecular formula is C17H28N2O. The highest BCUT2D eigenvalue weighted by Crippen LogP contribution is 2.17.